The lowest BCUT2D eigenvalue weighted by Crippen LogP contribution is -2.39. The number of fused-ring (bicyclic) bond motifs is 1. The van der Waals surface area contributed by atoms with Crippen molar-refractivity contribution in [2.45, 2.75) is 19.9 Å². The molecule has 0 amide bonds. The molecular weight excluding hydrogens is 386 g/mol. The molecule has 3 aromatic rings. The number of benzene rings is 1. The van der Waals surface area contributed by atoms with Gasteiger partial charge in [0.2, 0.25) is 0 Å². The minimum absolute atomic E-state index is 0.122. The molecule has 0 radical (unpaired) electrons. The molecule has 0 N–H and O–H groups in total. The molecule has 0 saturated carbocycles. The average Bonchev–Trinajstić information content (AvgIpc) is 3.02. The minimum atomic E-state index is -0.587. The summed E-state index contributed by atoms with van der Waals surface area (Å²) in [5, 5.41) is 0. The van der Waals surface area contributed by atoms with E-state index in [9.17, 15) is 9.59 Å². The molecule has 146 valence electrons. The van der Waals surface area contributed by atoms with Gasteiger partial charge >= 0.3 is 0 Å². The lowest BCUT2D eigenvalue weighted by molar-refractivity contribution is -0.114. The Balaban J connectivity index is 2.03. The topological polar surface area (TPSA) is 73.6 Å². The summed E-state index contributed by atoms with van der Waals surface area (Å²) in [5.41, 5.74) is 2.50. The van der Waals surface area contributed by atoms with E-state index in [0.29, 0.717) is 26.4 Å². The zero-order valence-corrected chi connectivity index (χ0v) is 17.1. The van der Waals surface area contributed by atoms with Gasteiger partial charge in [-0.3, -0.25) is 19.1 Å². The van der Waals surface area contributed by atoms with Crippen LogP contribution in [0.4, 0.5) is 0 Å². The van der Waals surface area contributed by atoms with Gasteiger partial charge in [-0.1, -0.05) is 35.6 Å². The van der Waals surface area contributed by atoms with E-state index >= 15 is 0 Å². The van der Waals surface area contributed by atoms with Gasteiger partial charge in [-0.15, -0.1) is 0 Å². The van der Waals surface area contributed by atoms with Crippen LogP contribution in [0.3, 0.4) is 0 Å². The van der Waals surface area contributed by atoms with E-state index in [0.717, 1.165) is 11.1 Å². The van der Waals surface area contributed by atoms with Crippen molar-refractivity contribution in [1.82, 2.24) is 9.55 Å². The molecular formula is C22H19N3O3S. The second kappa shape index (κ2) is 7.60. The molecule has 1 aliphatic rings. The van der Waals surface area contributed by atoms with E-state index in [-0.39, 0.29) is 11.3 Å². The van der Waals surface area contributed by atoms with Crippen LogP contribution < -0.4 is 19.6 Å². The predicted octanol–water partition coefficient (Wildman–Crippen LogP) is 2.23. The number of allylic oxidation sites excluding steroid dienone is 2. The van der Waals surface area contributed by atoms with Gasteiger partial charge in [-0.05, 0) is 37.6 Å². The van der Waals surface area contributed by atoms with Crippen molar-refractivity contribution in [2.24, 2.45) is 4.99 Å². The maximum atomic E-state index is 13.4. The van der Waals surface area contributed by atoms with Gasteiger partial charge in [0.25, 0.3) is 5.56 Å². The first-order valence-corrected chi connectivity index (χ1v) is 9.89. The molecule has 0 aliphatic carbocycles. The third-order valence-corrected chi connectivity index (χ3v) is 5.80. The van der Waals surface area contributed by atoms with E-state index in [1.165, 1.54) is 18.3 Å². The number of carbonyl (C=O) groups excluding carboxylic acids is 1. The first-order chi connectivity index (χ1) is 14.0. The first kappa shape index (κ1) is 19.0. The van der Waals surface area contributed by atoms with Crippen LogP contribution in [-0.4, -0.2) is 22.4 Å². The van der Waals surface area contributed by atoms with E-state index in [1.54, 1.807) is 37.1 Å². The lowest BCUT2D eigenvalue weighted by atomic mass is 9.93. The monoisotopic (exact) mass is 405 g/mol. The van der Waals surface area contributed by atoms with Crippen molar-refractivity contribution in [2.75, 3.05) is 7.11 Å². The molecule has 0 fully saturated rings. The van der Waals surface area contributed by atoms with Gasteiger partial charge in [0.05, 0.1) is 17.7 Å². The molecule has 1 aromatic carbocycles. The quantitative estimate of drug-likeness (QED) is 0.667. The summed E-state index contributed by atoms with van der Waals surface area (Å²) in [5.74, 6) is 0.497. The normalized spacial score (nSPS) is 16.4. The Morgan fingerprint density at radius 1 is 1.24 bits per heavy atom. The van der Waals surface area contributed by atoms with Crippen LogP contribution in [-0.2, 0) is 4.79 Å². The molecule has 3 heterocycles. The van der Waals surface area contributed by atoms with Gasteiger partial charge in [0.15, 0.2) is 10.6 Å². The number of rotatable bonds is 4. The zero-order chi connectivity index (χ0) is 20.5. The van der Waals surface area contributed by atoms with Crippen molar-refractivity contribution in [3.8, 4) is 5.75 Å². The zero-order valence-electron chi connectivity index (χ0n) is 16.2. The van der Waals surface area contributed by atoms with Crippen LogP contribution in [0, 0.1) is 0 Å². The number of hydrogen-bond acceptors (Lipinski definition) is 6. The number of nitrogens with zero attached hydrogens (tertiary/aromatic N) is 3. The fourth-order valence-corrected chi connectivity index (χ4v) is 4.62. The second-order valence-electron chi connectivity index (χ2n) is 6.67. The Morgan fingerprint density at radius 2 is 2.03 bits per heavy atom. The smallest absolute Gasteiger partial charge is 0.271 e. The highest BCUT2D eigenvalue weighted by Crippen LogP contribution is 2.35. The third-order valence-electron chi connectivity index (χ3n) is 4.82. The average molecular weight is 405 g/mol. The van der Waals surface area contributed by atoms with E-state index in [4.69, 9.17) is 4.74 Å². The first-order valence-electron chi connectivity index (χ1n) is 9.07. The summed E-state index contributed by atoms with van der Waals surface area (Å²) in [6.07, 6.45) is 5.17. The number of aromatic nitrogens is 2. The van der Waals surface area contributed by atoms with Crippen molar-refractivity contribution in [3.05, 3.63) is 90.9 Å². The van der Waals surface area contributed by atoms with Gasteiger partial charge in [0, 0.05) is 29.2 Å². The Hall–Kier alpha value is -3.32. The minimum Gasteiger partial charge on any atom is -0.496 e. The molecule has 1 unspecified atom stereocenters. The predicted molar refractivity (Wildman–Crippen MR) is 112 cm³/mol. The number of Topliss-reactive ketones (excluding diaryl/α,β-unsaturated/α-hetero) is 1. The Bertz CT molecular complexity index is 1300. The fraction of sp³-hybridized carbons (Fsp3) is 0.182. The number of ether oxygens (including phenoxy) is 1. The summed E-state index contributed by atoms with van der Waals surface area (Å²) in [6.45, 7) is 3.30. The molecule has 7 heteroatoms. The SMILES string of the molecule is COc1ccccc1C1C(C(C)=O)=C(C)N=c2s/c(=C/c3cccnc3)c(=O)n21. The summed E-state index contributed by atoms with van der Waals surface area (Å²) in [6, 6.07) is 10.6. The van der Waals surface area contributed by atoms with Gasteiger partial charge in [-0.25, -0.2) is 4.99 Å². The second-order valence-corrected chi connectivity index (χ2v) is 7.68. The van der Waals surface area contributed by atoms with Crippen LogP contribution in [0.1, 0.15) is 31.0 Å². The van der Waals surface area contributed by atoms with Crippen molar-refractivity contribution in [1.29, 1.82) is 0 Å². The van der Waals surface area contributed by atoms with Crippen LogP contribution in [0.15, 0.2) is 69.8 Å². The number of hydrogen-bond donors (Lipinski definition) is 0. The van der Waals surface area contributed by atoms with Crippen LogP contribution in [0.25, 0.3) is 6.08 Å². The Kier molecular flexibility index (Phi) is 4.98. The molecule has 0 spiro atoms. The number of thiazole rings is 1. The molecule has 1 atom stereocenters. The lowest BCUT2D eigenvalue weighted by Gasteiger charge is -2.25. The molecule has 2 aromatic heterocycles. The van der Waals surface area contributed by atoms with Gasteiger partial charge in [-0.2, -0.15) is 0 Å². The fourth-order valence-electron chi connectivity index (χ4n) is 3.57. The van der Waals surface area contributed by atoms with Crippen LogP contribution in [0.5, 0.6) is 5.75 Å². The Labute approximate surface area is 171 Å². The van der Waals surface area contributed by atoms with Gasteiger partial charge in [0.1, 0.15) is 5.75 Å². The summed E-state index contributed by atoms with van der Waals surface area (Å²) >= 11 is 1.30. The molecule has 0 saturated heterocycles. The van der Waals surface area contributed by atoms with E-state index < -0.39 is 6.04 Å². The maximum absolute atomic E-state index is 13.4. The number of pyridine rings is 1. The third kappa shape index (κ3) is 3.34. The van der Waals surface area contributed by atoms with Crippen LogP contribution >= 0.6 is 11.3 Å². The van der Waals surface area contributed by atoms with E-state index in [2.05, 4.69) is 9.98 Å². The number of para-hydroxylation sites is 1. The standard InChI is InChI=1S/C22H19N3O3S/c1-13-19(14(2)26)20(16-8-4-5-9-17(16)28-3)25-21(27)18(29-22(25)24-13)11-15-7-6-10-23-12-15/h4-12,20H,1-3H3/b18-11+. The summed E-state index contributed by atoms with van der Waals surface area (Å²) in [7, 11) is 1.58. The van der Waals surface area contributed by atoms with E-state index in [1.807, 2.05) is 36.4 Å². The largest absolute Gasteiger partial charge is 0.496 e. The molecule has 29 heavy (non-hydrogen) atoms. The highest BCUT2D eigenvalue weighted by Gasteiger charge is 2.32. The molecule has 1 aliphatic heterocycles. The highest BCUT2D eigenvalue weighted by atomic mass is 32.1. The highest BCUT2D eigenvalue weighted by molar-refractivity contribution is 7.07. The molecule has 0 bridgehead atoms. The van der Waals surface area contributed by atoms with Gasteiger partial charge < -0.3 is 4.74 Å². The number of ketones is 1. The molecule has 4 rings (SSSR count). The van der Waals surface area contributed by atoms with Crippen molar-refractivity contribution < 1.29 is 9.53 Å². The van der Waals surface area contributed by atoms with Crippen molar-refractivity contribution in [3.63, 3.8) is 0 Å². The Morgan fingerprint density at radius 3 is 2.72 bits per heavy atom. The number of carbonyl (C=O) groups is 1. The summed E-state index contributed by atoms with van der Waals surface area (Å²) < 4.78 is 7.65. The van der Waals surface area contributed by atoms with Crippen LogP contribution in [0.2, 0.25) is 0 Å². The number of methoxy groups -OCH3 is 1. The van der Waals surface area contributed by atoms with Crippen molar-refractivity contribution >= 4 is 23.2 Å². The summed E-state index contributed by atoms with van der Waals surface area (Å²) in [4.78, 5) is 35.1. The molecule has 6 nitrogen and oxygen atoms in total. The maximum Gasteiger partial charge on any atom is 0.271 e.